The summed E-state index contributed by atoms with van der Waals surface area (Å²) < 4.78 is 30.1. The van der Waals surface area contributed by atoms with Gasteiger partial charge in [-0.2, -0.15) is 0 Å². The van der Waals surface area contributed by atoms with Crippen LogP contribution in [0.5, 0.6) is 0 Å². The highest BCUT2D eigenvalue weighted by atomic mass is 19.1. The molecule has 2 amide bonds. The van der Waals surface area contributed by atoms with Crippen molar-refractivity contribution >= 4 is 18.0 Å². The Hall–Kier alpha value is -2.68. The van der Waals surface area contributed by atoms with Crippen molar-refractivity contribution in [2.24, 2.45) is 0 Å². The number of rotatable bonds is 5. The Balaban J connectivity index is 1.80. The lowest BCUT2D eigenvalue weighted by Crippen LogP contribution is -2.63. The first-order valence-corrected chi connectivity index (χ1v) is 10.3. The summed E-state index contributed by atoms with van der Waals surface area (Å²) in [4.78, 5) is 37.4. The van der Waals surface area contributed by atoms with Crippen LogP contribution in [0.1, 0.15) is 62.4 Å². The molecule has 0 aromatic heterocycles. The van der Waals surface area contributed by atoms with Crippen molar-refractivity contribution in [1.82, 2.24) is 10.6 Å². The summed E-state index contributed by atoms with van der Waals surface area (Å²) in [5.74, 6) is -1.64. The number of hydrogen-bond acceptors (Lipinski definition) is 6. The molecule has 3 rings (SSSR count). The summed E-state index contributed by atoms with van der Waals surface area (Å²) in [6.07, 6.45) is 0.955. The number of ether oxygens (including phenoxy) is 3. The lowest BCUT2D eigenvalue weighted by Gasteiger charge is -2.38. The van der Waals surface area contributed by atoms with E-state index >= 15 is 0 Å². The minimum absolute atomic E-state index is 0.0957. The van der Waals surface area contributed by atoms with Gasteiger partial charge < -0.3 is 24.8 Å². The highest BCUT2D eigenvalue weighted by molar-refractivity contribution is 5.91. The van der Waals surface area contributed by atoms with Crippen LogP contribution >= 0.6 is 0 Å². The standard InChI is InChI=1S/C22H29FN2O6/c1-20(2,3)31-19(28)25-22(9-11-30-12-10-22)18(27)24-21(7-8-21)15-6-5-14(13-16(15)23)17(26)29-4/h5-6,13H,7-12H2,1-4H3,(H,24,27)(H,25,28). The van der Waals surface area contributed by atoms with Crippen LogP contribution in [0.3, 0.4) is 0 Å². The fourth-order valence-electron chi connectivity index (χ4n) is 3.70. The quantitative estimate of drug-likeness (QED) is 0.688. The van der Waals surface area contributed by atoms with E-state index in [0.717, 1.165) is 6.07 Å². The molecule has 0 atom stereocenters. The fraction of sp³-hybridized carbons (Fsp3) is 0.591. The topological polar surface area (TPSA) is 103 Å². The fourth-order valence-corrected chi connectivity index (χ4v) is 3.70. The zero-order valence-corrected chi connectivity index (χ0v) is 18.3. The number of alkyl carbamates (subject to hydrolysis) is 1. The number of amides is 2. The third kappa shape index (κ3) is 5.15. The molecule has 2 N–H and O–H groups in total. The van der Waals surface area contributed by atoms with E-state index in [0.29, 0.717) is 31.6 Å². The van der Waals surface area contributed by atoms with Crippen LogP contribution in [0, 0.1) is 5.82 Å². The molecule has 1 aliphatic heterocycles. The van der Waals surface area contributed by atoms with Crippen molar-refractivity contribution in [2.75, 3.05) is 20.3 Å². The van der Waals surface area contributed by atoms with Crippen molar-refractivity contribution in [3.63, 3.8) is 0 Å². The third-order valence-corrected chi connectivity index (χ3v) is 5.53. The average Bonchev–Trinajstić information content (AvgIpc) is 3.46. The second-order valence-electron chi connectivity index (χ2n) is 9.04. The highest BCUT2D eigenvalue weighted by Gasteiger charge is 2.52. The van der Waals surface area contributed by atoms with Gasteiger partial charge in [0.05, 0.1) is 18.2 Å². The van der Waals surface area contributed by atoms with E-state index in [1.807, 2.05) is 0 Å². The smallest absolute Gasteiger partial charge is 0.408 e. The maximum absolute atomic E-state index is 14.8. The number of esters is 1. The molecule has 2 fully saturated rings. The van der Waals surface area contributed by atoms with Crippen LogP contribution < -0.4 is 10.6 Å². The van der Waals surface area contributed by atoms with Gasteiger partial charge in [0.1, 0.15) is 17.0 Å². The van der Waals surface area contributed by atoms with Crippen molar-refractivity contribution < 1.29 is 33.0 Å². The van der Waals surface area contributed by atoms with E-state index < -0.39 is 40.5 Å². The van der Waals surface area contributed by atoms with Crippen molar-refractivity contribution in [2.45, 2.75) is 63.1 Å². The molecule has 0 unspecified atom stereocenters. The first kappa shape index (κ1) is 23.0. The van der Waals surface area contributed by atoms with Gasteiger partial charge in [0, 0.05) is 31.6 Å². The minimum atomic E-state index is -1.21. The molecule has 170 valence electrons. The van der Waals surface area contributed by atoms with E-state index in [4.69, 9.17) is 9.47 Å². The van der Waals surface area contributed by atoms with Crippen LogP contribution in [-0.4, -0.2) is 49.4 Å². The molecule has 31 heavy (non-hydrogen) atoms. The Morgan fingerprint density at radius 2 is 1.71 bits per heavy atom. The Kier molecular flexibility index (Phi) is 6.27. The Labute approximate surface area is 180 Å². The molecule has 0 radical (unpaired) electrons. The zero-order chi connectivity index (χ0) is 22.9. The molecule has 8 nitrogen and oxygen atoms in total. The molecule has 2 aliphatic rings. The largest absolute Gasteiger partial charge is 0.465 e. The molecule has 1 heterocycles. The molecule has 9 heteroatoms. The van der Waals surface area contributed by atoms with Gasteiger partial charge in [0.2, 0.25) is 5.91 Å². The van der Waals surface area contributed by atoms with Crippen molar-refractivity contribution in [3.05, 3.63) is 35.1 Å². The summed E-state index contributed by atoms with van der Waals surface area (Å²) in [6.45, 7) is 5.83. The van der Waals surface area contributed by atoms with Gasteiger partial charge in [-0.05, 0) is 45.7 Å². The van der Waals surface area contributed by atoms with Gasteiger partial charge >= 0.3 is 12.1 Å². The summed E-state index contributed by atoms with van der Waals surface area (Å²) in [5, 5.41) is 5.67. The van der Waals surface area contributed by atoms with Gasteiger partial charge in [0.25, 0.3) is 0 Å². The van der Waals surface area contributed by atoms with Gasteiger partial charge in [-0.25, -0.2) is 14.0 Å². The molecule has 1 saturated carbocycles. The van der Waals surface area contributed by atoms with E-state index in [1.165, 1.54) is 19.2 Å². The van der Waals surface area contributed by atoms with Crippen molar-refractivity contribution in [3.8, 4) is 0 Å². The lowest BCUT2D eigenvalue weighted by molar-refractivity contribution is -0.132. The monoisotopic (exact) mass is 436 g/mol. The first-order chi connectivity index (χ1) is 14.5. The number of benzene rings is 1. The molecule has 0 spiro atoms. The number of methoxy groups -OCH3 is 1. The molecule has 0 bridgehead atoms. The van der Waals surface area contributed by atoms with E-state index in [2.05, 4.69) is 15.4 Å². The summed E-state index contributed by atoms with van der Waals surface area (Å²) in [5.41, 5.74) is -2.41. The van der Waals surface area contributed by atoms with Crippen LogP contribution in [0.2, 0.25) is 0 Å². The second-order valence-corrected chi connectivity index (χ2v) is 9.04. The zero-order valence-electron chi connectivity index (χ0n) is 18.3. The summed E-state index contributed by atoms with van der Waals surface area (Å²) >= 11 is 0. The first-order valence-electron chi connectivity index (χ1n) is 10.3. The van der Waals surface area contributed by atoms with Crippen LogP contribution in [-0.2, 0) is 24.5 Å². The van der Waals surface area contributed by atoms with Crippen LogP contribution in [0.4, 0.5) is 9.18 Å². The summed E-state index contributed by atoms with van der Waals surface area (Å²) in [6, 6.07) is 4.07. The molecule has 1 aromatic rings. The lowest BCUT2D eigenvalue weighted by atomic mass is 9.88. The second kappa shape index (κ2) is 8.45. The number of carbonyl (C=O) groups is 3. The van der Waals surface area contributed by atoms with Gasteiger partial charge in [-0.3, -0.25) is 4.79 Å². The number of hydrogen-bond donors (Lipinski definition) is 2. The van der Waals surface area contributed by atoms with Gasteiger partial charge in [-0.1, -0.05) is 6.07 Å². The molecule has 1 aromatic carbocycles. The van der Waals surface area contributed by atoms with E-state index in [9.17, 15) is 18.8 Å². The van der Waals surface area contributed by atoms with Crippen LogP contribution in [0.25, 0.3) is 0 Å². The number of nitrogens with one attached hydrogen (secondary N) is 2. The predicted molar refractivity (Wildman–Crippen MR) is 109 cm³/mol. The maximum atomic E-state index is 14.8. The number of carbonyl (C=O) groups excluding carboxylic acids is 3. The average molecular weight is 436 g/mol. The minimum Gasteiger partial charge on any atom is -0.465 e. The molecule has 1 saturated heterocycles. The Morgan fingerprint density at radius 3 is 2.23 bits per heavy atom. The van der Waals surface area contributed by atoms with E-state index in [1.54, 1.807) is 20.8 Å². The predicted octanol–water partition coefficient (Wildman–Crippen LogP) is 2.79. The Morgan fingerprint density at radius 1 is 1.06 bits per heavy atom. The van der Waals surface area contributed by atoms with Gasteiger partial charge in [0.15, 0.2) is 0 Å². The van der Waals surface area contributed by atoms with E-state index in [-0.39, 0.29) is 18.4 Å². The Bertz CT molecular complexity index is 869. The molecular weight excluding hydrogens is 407 g/mol. The molecular formula is C22H29FN2O6. The van der Waals surface area contributed by atoms with Crippen molar-refractivity contribution in [1.29, 1.82) is 0 Å². The summed E-state index contributed by atoms with van der Waals surface area (Å²) in [7, 11) is 1.22. The molecule has 1 aliphatic carbocycles. The normalized spacial score (nSPS) is 19.1. The van der Waals surface area contributed by atoms with Crippen LogP contribution in [0.15, 0.2) is 18.2 Å². The third-order valence-electron chi connectivity index (χ3n) is 5.53. The van der Waals surface area contributed by atoms with Gasteiger partial charge in [-0.15, -0.1) is 0 Å². The number of halogens is 1. The highest BCUT2D eigenvalue weighted by Crippen LogP contribution is 2.47. The maximum Gasteiger partial charge on any atom is 0.408 e. The SMILES string of the molecule is COC(=O)c1ccc(C2(NC(=O)C3(NC(=O)OC(C)(C)C)CCOCC3)CC2)c(F)c1.